The van der Waals surface area contributed by atoms with Gasteiger partial charge in [0, 0.05) is 30.4 Å². The van der Waals surface area contributed by atoms with Gasteiger partial charge in [0.05, 0.1) is 11.9 Å². The molecule has 0 saturated heterocycles. The largest absolute Gasteiger partial charge is 0.373 e. The van der Waals surface area contributed by atoms with E-state index in [9.17, 15) is 0 Å². The van der Waals surface area contributed by atoms with E-state index in [4.69, 9.17) is 0 Å². The first-order chi connectivity index (χ1) is 9.26. The third-order valence-corrected chi connectivity index (χ3v) is 2.86. The lowest BCUT2D eigenvalue weighted by molar-refractivity contribution is 1.12. The van der Waals surface area contributed by atoms with Crippen molar-refractivity contribution in [2.24, 2.45) is 0 Å². The van der Waals surface area contributed by atoms with Crippen LogP contribution in [0.25, 0.3) is 11.0 Å². The highest BCUT2D eigenvalue weighted by Gasteiger charge is 2.04. The quantitative estimate of drug-likeness (QED) is 0.669. The van der Waals surface area contributed by atoms with Gasteiger partial charge in [0.15, 0.2) is 0 Å². The number of nitrogens with zero attached hydrogens (tertiary/aromatic N) is 3. The van der Waals surface area contributed by atoms with Crippen LogP contribution in [0.15, 0.2) is 30.7 Å². The highest BCUT2D eigenvalue weighted by Crippen LogP contribution is 2.19. The Morgan fingerprint density at radius 1 is 1.21 bits per heavy atom. The molecule has 6 heteroatoms. The Morgan fingerprint density at radius 2 is 2.11 bits per heavy atom. The number of rotatable bonds is 3. The second-order valence-corrected chi connectivity index (χ2v) is 4.24. The smallest absolute Gasteiger partial charge is 0.229 e. The van der Waals surface area contributed by atoms with Crippen molar-refractivity contribution in [3.05, 3.63) is 36.3 Å². The summed E-state index contributed by atoms with van der Waals surface area (Å²) in [5.41, 5.74) is 2.73. The van der Waals surface area contributed by atoms with E-state index in [0.29, 0.717) is 5.95 Å². The van der Waals surface area contributed by atoms with Crippen LogP contribution in [-0.2, 0) is 0 Å². The molecule has 0 bridgehead atoms. The Labute approximate surface area is 110 Å². The van der Waals surface area contributed by atoms with Gasteiger partial charge in [0.2, 0.25) is 5.95 Å². The number of fused-ring (bicyclic) bond motifs is 1. The van der Waals surface area contributed by atoms with Crippen LogP contribution >= 0.6 is 0 Å². The van der Waals surface area contributed by atoms with Crippen LogP contribution in [0.5, 0.6) is 0 Å². The maximum atomic E-state index is 4.38. The number of pyridine rings is 1. The Hall–Kier alpha value is -2.63. The van der Waals surface area contributed by atoms with Gasteiger partial charge in [-0.3, -0.25) is 0 Å². The predicted octanol–water partition coefficient (Wildman–Crippen LogP) is 2.45. The predicted molar refractivity (Wildman–Crippen MR) is 75.7 cm³/mol. The average molecular weight is 254 g/mol. The summed E-state index contributed by atoms with van der Waals surface area (Å²) in [5, 5.41) is 7.23. The van der Waals surface area contributed by atoms with Crippen molar-refractivity contribution in [2.75, 3.05) is 17.7 Å². The number of hydrogen-bond donors (Lipinski definition) is 3. The molecule has 6 nitrogen and oxygen atoms in total. The average Bonchev–Trinajstić information content (AvgIpc) is 2.88. The summed E-state index contributed by atoms with van der Waals surface area (Å²) in [7, 11) is 1.84. The van der Waals surface area contributed by atoms with Crippen molar-refractivity contribution in [3.63, 3.8) is 0 Å². The zero-order chi connectivity index (χ0) is 13.2. The maximum absolute atomic E-state index is 4.38. The topological polar surface area (TPSA) is 78.5 Å². The molecular weight excluding hydrogens is 240 g/mol. The molecule has 0 fully saturated rings. The van der Waals surface area contributed by atoms with E-state index in [1.54, 1.807) is 12.4 Å². The molecule has 0 radical (unpaired) electrons. The van der Waals surface area contributed by atoms with Crippen LogP contribution in [0, 0.1) is 6.92 Å². The third kappa shape index (κ3) is 2.20. The number of H-pyrrole nitrogens is 1. The summed E-state index contributed by atoms with van der Waals surface area (Å²) in [4.78, 5) is 16.0. The monoisotopic (exact) mass is 254 g/mol. The van der Waals surface area contributed by atoms with Crippen LogP contribution in [-0.4, -0.2) is 27.0 Å². The minimum absolute atomic E-state index is 0.548. The van der Waals surface area contributed by atoms with Crippen LogP contribution in [0.3, 0.4) is 0 Å². The van der Waals surface area contributed by atoms with Crippen molar-refractivity contribution < 1.29 is 0 Å². The maximum Gasteiger partial charge on any atom is 0.229 e. The summed E-state index contributed by atoms with van der Waals surface area (Å²) in [6.07, 6.45) is 5.40. The van der Waals surface area contributed by atoms with Crippen molar-refractivity contribution in [1.82, 2.24) is 19.9 Å². The number of aromatic nitrogens is 4. The first-order valence-electron chi connectivity index (χ1n) is 5.98. The molecule has 3 heterocycles. The number of aryl methyl sites for hydroxylation is 1. The highest BCUT2D eigenvalue weighted by molar-refractivity contribution is 5.79. The molecule has 3 aromatic rings. The minimum atomic E-state index is 0.548. The lowest BCUT2D eigenvalue weighted by Crippen LogP contribution is -2.02. The molecule has 3 N–H and O–H groups in total. The summed E-state index contributed by atoms with van der Waals surface area (Å²) >= 11 is 0. The van der Waals surface area contributed by atoms with E-state index < -0.39 is 0 Å². The fraction of sp³-hybridized carbons (Fsp3) is 0.154. The summed E-state index contributed by atoms with van der Waals surface area (Å²) in [5.74, 6) is 1.36. The zero-order valence-electron chi connectivity index (χ0n) is 10.7. The zero-order valence-corrected chi connectivity index (χ0v) is 10.7. The second kappa shape index (κ2) is 4.56. The molecule has 0 unspecified atom stereocenters. The lowest BCUT2D eigenvalue weighted by atomic mass is 10.3. The lowest BCUT2D eigenvalue weighted by Gasteiger charge is -2.08. The van der Waals surface area contributed by atoms with Gasteiger partial charge in [-0.15, -0.1) is 0 Å². The normalized spacial score (nSPS) is 10.6. The van der Waals surface area contributed by atoms with Crippen LogP contribution < -0.4 is 10.6 Å². The van der Waals surface area contributed by atoms with Crippen molar-refractivity contribution >= 4 is 28.5 Å². The Kier molecular flexibility index (Phi) is 2.75. The van der Waals surface area contributed by atoms with Gasteiger partial charge in [0.1, 0.15) is 11.5 Å². The highest BCUT2D eigenvalue weighted by atomic mass is 15.1. The van der Waals surface area contributed by atoms with Gasteiger partial charge in [-0.1, -0.05) is 0 Å². The molecule has 3 aromatic heterocycles. The van der Waals surface area contributed by atoms with Gasteiger partial charge in [-0.25, -0.2) is 9.97 Å². The molecule has 0 amide bonds. The molecule has 0 aliphatic carbocycles. The van der Waals surface area contributed by atoms with Crippen LogP contribution in [0.4, 0.5) is 17.5 Å². The van der Waals surface area contributed by atoms with E-state index in [0.717, 1.165) is 28.1 Å². The van der Waals surface area contributed by atoms with Crippen molar-refractivity contribution in [2.45, 2.75) is 6.92 Å². The fourth-order valence-electron chi connectivity index (χ4n) is 1.89. The molecule has 96 valence electrons. The first kappa shape index (κ1) is 11.5. The van der Waals surface area contributed by atoms with Crippen molar-refractivity contribution in [3.8, 4) is 0 Å². The number of nitrogens with one attached hydrogen (secondary N) is 3. The van der Waals surface area contributed by atoms with Gasteiger partial charge in [-0.2, -0.15) is 4.98 Å². The third-order valence-electron chi connectivity index (χ3n) is 2.86. The fourth-order valence-corrected chi connectivity index (χ4v) is 1.89. The van der Waals surface area contributed by atoms with E-state index in [1.807, 2.05) is 32.3 Å². The Bertz CT molecular complexity index is 718. The molecular formula is C13H14N6. The molecule has 3 rings (SSSR count). The molecule has 0 spiro atoms. The Balaban J connectivity index is 1.91. The van der Waals surface area contributed by atoms with Gasteiger partial charge in [-0.05, 0) is 19.1 Å². The first-order valence-corrected chi connectivity index (χ1v) is 5.98. The number of aromatic amines is 1. The number of hydrogen-bond acceptors (Lipinski definition) is 5. The van der Waals surface area contributed by atoms with E-state index >= 15 is 0 Å². The summed E-state index contributed by atoms with van der Waals surface area (Å²) in [6.45, 7) is 1.96. The molecule has 0 saturated carbocycles. The second-order valence-electron chi connectivity index (χ2n) is 4.24. The molecule has 0 aromatic carbocycles. The van der Waals surface area contributed by atoms with E-state index in [1.165, 1.54) is 0 Å². The van der Waals surface area contributed by atoms with Crippen LogP contribution in [0.2, 0.25) is 0 Å². The summed E-state index contributed by atoms with van der Waals surface area (Å²) < 4.78 is 0. The Morgan fingerprint density at radius 3 is 2.95 bits per heavy atom. The van der Waals surface area contributed by atoms with Crippen LogP contribution in [0.1, 0.15) is 5.56 Å². The van der Waals surface area contributed by atoms with Gasteiger partial charge >= 0.3 is 0 Å². The van der Waals surface area contributed by atoms with Gasteiger partial charge < -0.3 is 15.6 Å². The van der Waals surface area contributed by atoms with Gasteiger partial charge in [0.25, 0.3) is 0 Å². The standard InChI is InChI=1S/C13H14N6/c1-8-6-17-13(19-11(8)14-2)18-10-5-9-3-4-15-12(9)16-7-10/h3-7H,1-2H3,(H,15,16)(H2,14,17,18,19). The molecule has 0 atom stereocenters. The summed E-state index contributed by atoms with van der Waals surface area (Å²) in [6, 6.07) is 3.98. The molecule has 0 aliphatic rings. The SMILES string of the molecule is CNc1nc(Nc2cnc3[nH]ccc3c2)ncc1C. The minimum Gasteiger partial charge on any atom is -0.373 e. The van der Waals surface area contributed by atoms with E-state index in [2.05, 4.69) is 30.6 Å². The molecule has 19 heavy (non-hydrogen) atoms. The molecule has 0 aliphatic heterocycles. The van der Waals surface area contributed by atoms with E-state index in [-0.39, 0.29) is 0 Å². The van der Waals surface area contributed by atoms with Crippen molar-refractivity contribution in [1.29, 1.82) is 0 Å². The number of anilines is 3.